The zero-order valence-corrected chi connectivity index (χ0v) is 16.5. The van der Waals surface area contributed by atoms with Crippen LogP contribution in [0.5, 0.6) is 0 Å². The molecule has 2 aliphatic rings. The van der Waals surface area contributed by atoms with Gasteiger partial charge in [-0.05, 0) is 48.2 Å². The van der Waals surface area contributed by atoms with Crippen molar-refractivity contribution in [2.24, 2.45) is 0 Å². The lowest BCUT2D eigenvalue weighted by Gasteiger charge is -2.41. The van der Waals surface area contributed by atoms with E-state index in [9.17, 15) is 4.39 Å². The number of imidazole rings is 1. The highest BCUT2D eigenvalue weighted by molar-refractivity contribution is 7.20. The molecule has 7 heteroatoms. The summed E-state index contributed by atoms with van der Waals surface area (Å²) in [6.07, 6.45) is 3.98. The number of hydrogen-bond donors (Lipinski definition) is 0. The summed E-state index contributed by atoms with van der Waals surface area (Å²) in [5.74, 6) is -0.245. The number of aryl methyl sites for hydroxylation is 1. The zero-order chi connectivity index (χ0) is 19.4. The van der Waals surface area contributed by atoms with E-state index in [1.54, 1.807) is 23.5 Å². The minimum Gasteiger partial charge on any atom is -0.367 e. The van der Waals surface area contributed by atoms with Gasteiger partial charge in [0.25, 0.3) is 0 Å². The normalized spacial score (nSPS) is 21.2. The highest BCUT2D eigenvalue weighted by Gasteiger charge is 2.43. The van der Waals surface area contributed by atoms with Crippen LogP contribution < -0.4 is 4.90 Å². The van der Waals surface area contributed by atoms with Gasteiger partial charge in [0, 0.05) is 12.1 Å². The molecule has 2 aromatic carbocycles. The molecule has 0 radical (unpaired) electrons. The molecule has 2 aromatic heterocycles. The molecule has 4 aromatic rings. The smallest absolute Gasteiger partial charge is 0.214 e. The van der Waals surface area contributed by atoms with Crippen molar-refractivity contribution in [1.29, 1.82) is 0 Å². The SMILES string of the molecule is Fc1ccc(-c2cn3nc(N4CCOC5(CCc6ccccc65)C4)sc3n2)cc1. The second kappa shape index (κ2) is 6.37. The Morgan fingerprint density at radius 1 is 1.10 bits per heavy atom. The van der Waals surface area contributed by atoms with Gasteiger partial charge in [-0.3, -0.25) is 0 Å². The molecule has 0 saturated carbocycles. The molecule has 1 spiro atoms. The molecule has 0 bridgehead atoms. The Hall–Kier alpha value is -2.77. The van der Waals surface area contributed by atoms with Gasteiger partial charge < -0.3 is 9.64 Å². The number of rotatable bonds is 2. The molecule has 29 heavy (non-hydrogen) atoms. The first kappa shape index (κ1) is 17.1. The van der Waals surface area contributed by atoms with Crippen molar-refractivity contribution in [2.75, 3.05) is 24.6 Å². The molecule has 1 aliphatic heterocycles. The Labute approximate surface area is 171 Å². The van der Waals surface area contributed by atoms with Crippen LogP contribution in [0.3, 0.4) is 0 Å². The number of aromatic nitrogens is 3. The van der Waals surface area contributed by atoms with Crippen LogP contribution in [0.2, 0.25) is 0 Å². The standard InChI is InChI=1S/C22H19FN4OS/c23-17-7-5-16(6-8-17)19-13-27-20(24-19)29-21(25-27)26-11-12-28-22(14-26)10-9-15-3-1-2-4-18(15)22/h1-8,13H,9-12,14H2. The summed E-state index contributed by atoms with van der Waals surface area (Å²) in [5.41, 5.74) is 4.18. The molecule has 5 nitrogen and oxygen atoms in total. The molecule has 6 rings (SSSR count). The number of nitrogens with zero attached hydrogens (tertiary/aromatic N) is 4. The minimum atomic E-state index is -0.245. The molecular formula is C22H19FN4OS. The predicted octanol–water partition coefficient (Wildman–Crippen LogP) is 4.28. The lowest BCUT2D eigenvalue weighted by molar-refractivity contribution is -0.0592. The van der Waals surface area contributed by atoms with Gasteiger partial charge >= 0.3 is 0 Å². The highest BCUT2D eigenvalue weighted by Crippen LogP contribution is 2.43. The molecule has 1 saturated heterocycles. The summed E-state index contributed by atoms with van der Waals surface area (Å²) < 4.78 is 21.3. The zero-order valence-electron chi connectivity index (χ0n) is 15.7. The molecular weight excluding hydrogens is 387 g/mol. The van der Waals surface area contributed by atoms with Gasteiger partial charge in [-0.15, -0.1) is 5.10 Å². The maximum Gasteiger partial charge on any atom is 0.214 e. The van der Waals surface area contributed by atoms with Crippen molar-refractivity contribution in [3.05, 3.63) is 71.7 Å². The van der Waals surface area contributed by atoms with Gasteiger partial charge in [0.1, 0.15) is 11.4 Å². The van der Waals surface area contributed by atoms with Crippen molar-refractivity contribution in [2.45, 2.75) is 18.4 Å². The van der Waals surface area contributed by atoms with E-state index in [-0.39, 0.29) is 11.4 Å². The van der Waals surface area contributed by atoms with Crippen LogP contribution in [0.25, 0.3) is 16.2 Å². The molecule has 1 aliphatic carbocycles. The topological polar surface area (TPSA) is 42.7 Å². The van der Waals surface area contributed by atoms with Gasteiger partial charge in [0.2, 0.25) is 10.1 Å². The first-order valence-corrected chi connectivity index (χ1v) is 10.6. The first-order valence-electron chi connectivity index (χ1n) is 9.80. The van der Waals surface area contributed by atoms with E-state index in [0.29, 0.717) is 6.61 Å². The number of morpholine rings is 1. The first-order chi connectivity index (χ1) is 14.2. The average Bonchev–Trinajstić information content (AvgIpc) is 3.42. The van der Waals surface area contributed by atoms with E-state index in [4.69, 9.17) is 14.8 Å². The van der Waals surface area contributed by atoms with Gasteiger partial charge in [-0.1, -0.05) is 35.6 Å². The largest absolute Gasteiger partial charge is 0.367 e. The Morgan fingerprint density at radius 3 is 2.83 bits per heavy atom. The Balaban J connectivity index is 1.30. The number of halogens is 1. The molecule has 1 fully saturated rings. The van der Waals surface area contributed by atoms with Gasteiger partial charge in [0.05, 0.1) is 25.0 Å². The number of benzene rings is 2. The fourth-order valence-electron chi connectivity index (χ4n) is 4.49. The van der Waals surface area contributed by atoms with E-state index in [1.165, 1.54) is 23.3 Å². The average molecular weight is 406 g/mol. The maximum atomic E-state index is 13.2. The van der Waals surface area contributed by atoms with Crippen LogP contribution in [0.1, 0.15) is 17.5 Å². The van der Waals surface area contributed by atoms with Crippen LogP contribution in [0.15, 0.2) is 54.7 Å². The summed E-state index contributed by atoms with van der Waals surface area (Å²) >= 11 is 1.58. The van der Waals surface area contributed by atoms with E-state index >= 15 is 0 Å². The fourth-order valence-corrected chi connectivity index (χ4v) is 5.40. The van der Waals surface area contributed by atoms with Crippen molar-refractivity contribution in [3.8, 4) is 11.3 Å². The summed E-state index contributed by atoms with van der Waals surface area (Å²) in [6, 6.07) is 15.0. The monoisotopic (exact) mass is 406 g/mol. The number of fused-ring (bicyclic) bond motifs is 3. The third-order valence-electron chi connectivity index (χ3n) is 5.94. The lowest BCUT2D eigenvalue weighted by Crippen LogP contribution is -2.49. The van der Waals surface area contributed by atoms with E-state index in [0.717, 1.165) is 47.3 Å². The van der Waals surface area contributed by atoms with Crippen LogP contribution in [-0.2, 0) is 16.8 Å². The fraction of sp³-hybridized carbons (Fsp3) is 0.273. The Morgan fingerprint density at radius 2 is 1.97 bits per heavy atom. The second-order valence-corrected chi connectivity index (χ2v) is 8.60. The minimum absolute atomic E-state index is 0.234. The van der Waals surface area contributed by atoms with Crippen LogP contribution in [0.4, 0.5) is 9.52 Å². The maximum absolute atomic E-state index is 13.2. The van der Waals surface area contributed by atoms with Gasteiger partial charge in [-0.2, -0.15) is 0 Å². The lowest BCUT2D eigenvalue weighted by atomic mass is 9.94. The molecule has 1 unspecified atom stereocenters. The summed E-state index contributed by atoms with van der Waals surface area (Å²) in [4.78, 5) is 7.85. The van der Waals surface area contributed by atoms with Gasteiger partial charge in [-0.25, -0.2) is 13.9 Å². The molecule has 1 atom stereocenters. The highest BCUT2D eigenvalue weighted by atomic mass is 32.1. The third kappa shape index (κ3) is 2.76. The quantitative estimate of drug-likeness (QED) is 0.499. The van der Waals surface area contributed by atoms with Crippen molar-refractivity contribution < 1.29 is 9.13 Å². The van der Waals surface area contributed by atoms with Crippen LogP contribution in [0, 0.1) is 5.82 Å². The third-order valence-corrected chi connectivity index (χ3v) is 6.92. The molecule has 3 heterocycles. The van der Waals surface area contributed by atoms with Crippen molar-refractivity contribution in [3.63, 3.8) is 0 Å². The van der Waals surface area contributed by atoms with E-state index < -0.39 is 0 Å². The van der Waals surface area contributed by atoms with E-state index in [1.807, 2.05) is 10.7 Å². The Bertz CT molecular complexity index is 1170. The number of anilines is 1. The van der Waals surface area contributed by atoms with Crippen LogP contribution >= 0.6 is 11.3 Å². The van der Waals surface area contributed by atoms with Crippen molar-refractivity contribution in [1.82, 2.24) is 14.6 Å². The summed E-state index contributed by atoms with van der Waals surface area (Å²) in [7, 11) is 0. The summed E-state index contributed by atoms with van der Waals surface area (Å²) in [6.45, 7) is 2.33. The molecule has 146 valence electrons. The van der Waals surface area contributed by atoms with Gasteiger partial charge in [0.15, 0.2) is 0 Å². The number of hydrogen-bond acceptors (Lipinski definition) is 5. The van der Waals surface area contributed by atoms with Crippen molar-refractivity contribution >= 4 is 21.4 Å². The second-order valence-electron chi connectivity index (χ2n) is 7.67. The molecule has 0 amide bonds. The van der Waals surface area contributed by atoms with E-state index in [2.05, 4.69) is 29.2 Å². The predicted molar refractivity (Wildman–Crippen MR) is 111 cm³/mol. The Kier molecular flexibility index (Phi) is 3.76. The van der Waals surface area contributed by atoms with Crippen LogP contribution in [-0.4, -0.2) is 34.3 Å². The molecule has 0 N–H and O–H groups in total. The number of ether oxygens (including phenoxy) is 1. The summed E-state index contributed by atoms with van der Waals surface area (Å²) in [5, 5.41) is 5.74.